The molecule has 35 heavy (non-hydrogen) atoms. The molecule has 0 spiro atoms. The number of carbonyl (C=O) groups excluding carboxylic acids is 2. The van der Waals surface area contributed by atoms with Gasteiger partial charge in [0, 0.05) is 53.4 Å². The van der Waals surface area contributed by atoms with Crippen LogP contribution in [0.1, 0.15) is 37.3 Å². The third-order valence-corrected chi connectivity index (χ3v) is 7.78. The summed E-state index contributed by atoms with van der Waals surface area (Å²) in [4.78, 5) is 49.8. The molecule has 184 valence electrons. The number of amides is 3. The number of hydrogen-bond donors (Lipinski definition) is 4. The highest BCUT2D eigenvalue weighted by molar-refractivity contribution is 7.13. The minimum atomic E-state index is -1.06. The summed E-state index contributed by atoms with van der Waals surface area (Å²) in [7, 11) is 2.03. The molecule has 0 saturated carbocycles. The minimum absolute atomic E-state index is 0.0716. The Morgan fingerprint density at radius 1 is 1.17 bits per heavy atom. The number of likely N-dealkylation sites (N-methyl/N-ethyl adjacent to an activating group) is 1. The fourth-order valence-corrected chi connectivity index (χ4v) is 5.84. The van der Waals surface area contributed by atoms with E-state index in [2.05, 4.69) is 25.5 Å². The molecule has 2 atom stereocenters. The second-order valence-electron chi connectivity index (χ2n) is 8.97. The monoisotopic (exact) mass is 516 g/mol. The van der Waals surface area contributed by atoms with Crippen molar-refractivity contribution in [2.45, 2.75) is 31.5 Å². The molecule has 10 nitrogen and oxygen atoms in total. The number of carboxylic acid groups (broad SMARTS) is 1. The summed E-state index contributed by atoms with van der Waals surface area (Å²) in [5.41, 5.74) is 2.09. The number of hydrogen-bond acceptors (Lipinski definition) is 6. The van der Waals surface area contributed by atoms with Gasteiger partial charge in [0.2, 0.25) is 0 Å². The molecule has 2 aliphatic heterocycles. The lowest BCUT2D eigenvalue weighted by molar-refractivity contribution is 0.0792. The molecule has 2 aliphatic rings. The van der Waals surface area contributed by atoms with Gasteiger partial charge in [-0.1, -0.05) is 11.6 Å². The Morgan fingerprint density at radius 2 is 1.97 bits per heavy atom. The standard InChI is InChI=1S/C23H25ClN6O4S/c1-29-6-4-16-19(11-29)35-22(28-16)21(32)27-18-10-30(23(33)34)7-5-15(18)26-20(31)17-9-12-8-13(24)2-3-14(12)25-17/h2-3,8-9,15,18,25H,4-7,10-11H2,1H3,(H,26,31)(H,27,32)(H,33,34). The van der Waals surface area contributed by atoms with Crippen LogP contribution in [-0.4, -0.2) is 81.5 Å². The van der Waals surface area contributed by atoms with E-state index in [1.54, 1.807) is 24.3 Å². The highest BCUT2D eigenvalue weighted by atomic mass is 35.5. The lowest BCUT2D eigenvalue weighted by atomic mass is 9.99. The molecule has 2 unspecified atom stereocenters. The van der Waals surface area contributed by atoms with Crippen molar-refractivity contribution in [3.05, 3.63) is 50.6 Å². The van der Waals surface area contributed by atoms with Crippen LogP contribution in [0.4, 0.5) is 4.79 Å². The normalized spacial score (nSPS) is 20.5. The molecule has 0 aliphatic carbocycles. The quantitative estimate of drug-likeness (QED) is 0.421. The molecular formula is C23H25ClN6O4S. The molecule has 1 fully saturated rings. The van der Waals surface area contributed by atoms with Gasteiger partial charge in [-0.2, -0.15) is 0 Å². The first-order chi connectivity index (χ1) is 16.8. The van der Waals surface area contributed by atoms with Crippen molar-refractivity contribution in [2.75, 3.05) is 26.7 Å². The predicted molar refractivity (Wildman–Crippen MR) is 132 cm³/mol. The Bertz CT molecular complexity index is 1310. The number of carbonyl (C=O) groups is 3. The van der Waals surface area contributed by atoms with E-state index in [0.717, 1.165) is 41.0 Å². The van der Waals surface area contributed by atoms with Crippen molar-refractivity contribution in [1.82, 2.24) is 30.4 Å². The lowest BCUT2D eigenvalue weighted by Crippen LogP contribution is -2.61. The Labute approximate surface area is 210 Å². The van der Waals surface area contributed by atoms with Crippen LogP contribution in [0.3, 0.4) is 0 Å². The molecule has 0 radical (unpaired) electrons. The number of rotatable bonds is 4. The van der Waals surface area contributed by atoms with Gasteiger partial charge in [-0.3, -0.25) is 9.59 Å². The summed E-state index contributed by atoms with van der Waals surface area (Å²) in [5, 5.41) is 17.1. The number of aromatic amines is 1. The van der Waals surface area contributed by atoms with E-state index in [9.17, 15) is 19.5 Å². The number of nitrogens with one attached hydrogen (secondary N) is 3. The smallest absolute Gasteiger partial charge is 0.407 e. The fraction of sp³-hybridized carbons (Fsp3) is 0.391. The third kappa shape index (κ3) is 4.97. The number of aromatic nitrogens is 2. The summed E-state index contributed by atoms with van der Waals surface area (Å²) in [6.45, 7) is 1.97. The molecule has 0 bridgehead atoms. The maximum Gasteiger partial charge on any atom is 0.407 e. The summed E-state index contributed by atoms with van der Waals surface area (Å²) in [6, 6.07) is 5.98. The van der Waals surface area contributed by atoms with Crippen molar-refractivity contribution in [1.29, 1.82) is 0 Å². The van der Waals surface area contributed by atoms with Crippen LogP contribution in [0.5, 0.6) is 0 Å². The zero-order chi connectivity index (χ0) is 24.7. The average Bonchev–Trinajstić information content (AvgIpc) is 3.43. The van der Waals surface area contributed by atoms with E-state index in [-0.39, 0.29) is 24.9 Å². The van der Waals surface area contributed by atoms with Crippen molar-refractivity contribution in [2.24, 2.45) is 0 Å². The number of H-pyrrole nitrogens is 1. The molecule has 1 aromatic carbocycles. The van der Waals surface area contributed by atoms with Gasteiger partial charge in [0.15, 0.2) is 5.01 Å². The largest absolute Gasteiger partial charge is 0.465 e. The SMILES string of the molecule is CN1CCc2nc(C(=O)NC3CN(C(=O)O)CCC3NC(=O)c3cc4cc(Cl)ccc4[nH]3)sc2C1. The van der Waals surface area contributed by atoms with Gasteiger partial charge in [-0.05, 0) is 37.7 Å². The number of benzene rings is 1. The van der Waals surface area contributed by atoms with Gasteiger partial charge >= 0.3 is 6.09 Å². The Morgan fingerprint density at radius 3 is 2.77 bits per heavy atom. The number of likely N-dealkylation sites (tertiary alicyclic amines) is 1. The molecule has 5 rings (SSSR count). The van der Waals surface area contributed by atoms with Crippen LogP contribution in [0.15, 0.2) is 24.3 Å². The van der Waals surface area contributed by atoms with Crippen LogP contribution in [0.25, 0.3) is 10.9 Å². The molecular weight excluding hydrogens is 492 g/mol. The number of halogens is 1. The molecule has 1 saturated heterocycles. The molecule has 2 aromatic heterocycles. The van der Waals surface area contributed by atoms with E-state index in [0.29, 0.717) is 22.1 Å². The van der Waals surface area contributed by atoms with E-state index in [1.807, 2.05) is 7.05 Å². The fourth-order valence-electron chi connectivity index (χ4n) is 4.57. The van der Waals surface area contributed by atoms with Gasteiger partial charge in [0.05, 0.1) is 17.8 Å². The van der Waals surface area contributed by atoms with Crippen LogP contribution in [-0.2, 0) is 13.0 Å². The predicted octanol–water partition coefficient (Wildman–Crippen LogP) is 2.55. The molecule has 3 aromatic rings. The molecule has 4 heterocycles. The van der Waals surface area contributed by atoms with Crippen LogP contribution in [0.2, 0.25) is 5.02 Å². The number of piperidine rings is 1. The maximum absolute atomic E-state index is 13.1. The van der Waals surface area contributed by atoms with Gasteiger partial charge in [-0.25, -0.2) is 9.78 Å². The van der Waals surface area contributed by atoms with Gasteiger partial charge in [0.25, 0.3) is 11.8 Å². The minimum Gasteiger partial charge on any atom is -0.465 e. The number of nitrogens with zero attached hydrogens (tertiary/aromatic N) is 3. The molecule has 12 heteroatoms. The van der Waals surface area contributed by atoms with Crippen molar-refractivity contribution >= 4 is 51.7 Å². The summed E-state index contributed by atoms with van der Waals surface area (Å²) < 4.78 is 0. The molecule has 4 N–H and O–H groups in total. The van der Waals surface area contributed by atoms with Gasteiger partial charge < -0.3 is 30.5 Å². The van der Waals surface area contributed by atoms with Crippen molar-refractivity contribution < 1.29 is 19.5 Å². The summed E-state index contributed by atoms with van der Waals surface area (Å²) in [5.74, 6) is -0.693. The van der Waals surface area contributed by atoms with Crippen molar-refractivity contribution in [3.8, 4) is 0 Å². The van der Waals surface area contributed by atoms with Gasteiger partial charge in [-0.15, -0.1) is 11.3 Å². The number of thiazole rings is 1. The maximum atomic E-state index is 13.1. The highest BCUT2D eigenvalue weighted by Crippen LogP contribution is 2.25. The van der Waals surface area contributed by atoms with Gasteiger partial charge in [0.1, 0.15) is 5.69 Å². The van der Waals surface area contributed by atoms with Crippen LogP contribution < -0.4 is 10.6 Å². The third-order valence-electron chi connectivity index (χ3n) is 6.46. The van der Waals surface area contributed by atoms with Crippen LogP contribution >= 0.6 is 22.9 Å². The average molecular weight is 517 g/mol. The molecule has 3 amide bonds. The summed E-state index contributed by atoms with van der Waals surface area (Å²) >= 11 is 7.41. The second-order valence-corrected chi connectivity index (χ2v) is 10.5. The first kappa shape index (κ1) is 23.6. The summed E-state index contributed by atoms with van der Waals surface area (Å²) in [6.07, 6.45) is 0.100. The number of fused-ring (bicyclic) bond motifs is 2. The zero-order valence-corrected chi connectivity index (χ0v) is 20.6. The second kappa shape index (κ2) is 9.48. The first-order valence-corrected chi connectivity index (χ1v) is 12.5. The van der Waals surface area contributed by atoms with E-state index < -0.39 is 18.2 Å². The highest BCUT2D eigenvalue weighted by Gasteiger charge is 2.35. The zero-order valence-electron chi connectivity index (χ0n) is 19.0. The van der Waals surface area contributed by atoms with Crippen molar-refractivity contribution in [3.63, 3.8) is 0 Å². The van der Waals surface area contributed by atoms with E-state index in [4.69, 9.17) is 11.6 Å². The topological polar surface area (TPSA) is 131 Å². The first-order valence-electron chi connectivity index (χ1n) is 11.3. The van der Waals surface area contributed by atoms with E-state index in [1.165, 1.54) is 16.2 Å². The Kier molecular flexibility index (Phi) is 6.39. The Balaban J connectivity index is 1.32. The Hall–Kier alpha value is -3.15. The van der Waals surface area contributed by atoms with Crippen LogP contribution in [0, 0.1) is 0 Å². The lowest BCUT2D eigenvalue weighted by Gasteiger charge is -2.37. The van der Waals surface area contributed by atoms with E-state index >= 15 is 0 Å².